The highest BCUT2D eigenvalue weighted by Crippen LogP contribution is 2.31. The Morgan fingerprint density at radius 2 is 1.64 bits per heavy atom. The summed E-state index contributed by atoms with van der Waals surface area (Å²) in [5.41, 5.74) is 1.47. The van der Waals surface area contributed by atoms with E-state index in [9.17, 15) is 9.90 Å². The highest BCUT2D eigenvalue weighted by Gasteiger charge is 2.14. The van der Waals surface area contributed by atoms with Crippen molar-refractivity contribution < 1.29 is 24.1 Å². The van der Waals surface area contributed by atoms with Crippen LogP contribution in [0, 0.1) is 0 Å². The van der Waals surface area contributed by atoms with Crippen LogP contribution in [0.25, 0.3) is 11.6 Å². The number of carboxylic acids is 1. The minimum absolute atomic E-state index is 0.0859. The second kappa shape index (κ2) is 8.24. The molecule has 0 saturated carbocycles. The maximum Gasteiger partial charge on any atom is 0.336 e. The van der Waals surface area contributed by atoms with Gasteiger partial charge < -0.3 is 19.3 Å². The molecule has 0 heterocycles. The molecule has 0 amide bonds. The SMILES string of the molecule is COc1ccc(/C(=C/c2ccc(OC(C)C)cc2)C(=O)O)cc1OC. The molecule has 5 heteroatoms. The van der Waals surface area contributed by atoms with Gasteiger partial charge in [0.15, 0.2) is 11.5 Å². The molecular formula is C20H22O5. The lowest BCUT2D eigenvalue weighted by atomic mass is 10.0. The Balaban J connectivity index is 2.37. The van der Waals surface area contributed by atoms with Crippen LogP contribution in [-0.2, 0) is 4.79 Å². The van der Waals surface area contributed by atoms with Gasteiger partial charge in [0.2, 0.25) is 0 Å². The van der Waals surface area contributed by atoms with E-state index in [0.29, 0.717) is 17.1 Å². The van der Waals surface area contributed by atoms with Gasteiger partial charge in [-0.2, -0.15) is 0 Å². The van der Waals surface area contributed by atoms with Gasteiger partial charge in [-0.15, -0.1) is 0 Å². The average Bonchev–Trinajstić information content (AvgIpc) is 2.59. The topological polar surface area (TPSA) is 65.0 Å². The summed E-state index contributed by atoms with van der Waals surface area (Å²) in [6.45, 7) is 3.90. The van der Waals surface area contributed by atoms with Gasteiger partial charge in [-0.3, -0.25) is 0 Å². The van der Waals surface area contributed by atoms with E-state index in [1.54, 1.807) is 24.3 Å². The number of carbonyl (C=O) groups is 1. The van der Waals surface area contributed by atoms with Crippen LogP contribution in [-0.4, -0.2) is 31.4 Å². The molecule has 5 nitrogen and oxygen atoms in total. The van der Waals surface area contributed by atoms with Gasteiger partial charge in [0.1, 0.15) is 5.75 Å². The van der Waals surface area contributed by atoms with Crippen LogP contribution >= 0.6 is 0 Å². The van der Waals surface area contributed by atoms with Crippen LogP contribution in [0.4, 0.5) is 0 Å². The zero-order valence-electron chi connectivity index (χ0n) is 14.8. The molecule has 0 saturated heterocycles. The van der Waals surface area contributed by atoms with E-state index in [2.05, 4.69) is 0 Å². The molecule has 2 aromatic rings. The normalized spacial score (nSPS) is 11.3. The summed E-state index contributed by atoms with van der Waals surface area (Å²) in [4.78, 5) is 11.7. The smallest absolute Gasteiger partial charge is 0.336 e. The molecule has 0 aliphatic heterocycles. The minimum Gasteiger partial charge on any atom is -0.493 e. The molecule has 0 aliphatic carbocycles. The van der Waals surface area contributed by atoms with E-state index in [-0.39, 0.29) is 11.7 Å². The molecule has 0 spiro atoms. The fourth-order valence-corrected chi connectivity index (χ4v) is 2.35. The molecule has 25 heavy (non-hydrogen) atoms. The van der Waals surface area contributed by atoms with Crippen molar-refractivity contribution in [1.29, 1.82) is 0 Å². The molecular weight excluding hydrogens is 320 g/mol. The third kappa shape index (κ3) is 4.76. The number of aliphatic carboxylic acids is 1. The minimum atomic E-state index is -1.02. The summed E-state index contributed by atoms with van der Waals surface area (Å²) < 4.78 is 16.0. The van der Waals surface area contributed by atoms with Crippen molar-refractivity contribution in [2.75, 3.05) is 14.2 Å². The standard InChI is InChI=1S/C20H22O5/c1-13(2)25-16-8-5-14(6-9-16)11-17(20(21)22)15-7-10-18(23-3)19(12-15)24-4/h5-13H,1-4H3,(H,21,22)/b17-11-. The number of benzene rings is 2. The van der Waals surface area contributed by atoms with E-state index in [1.807, 2.05) is 38.1 Å². The predicted molar refractivity (Wildman–Crippen MR) is 97.3 cm³/mol. The Hall–Kier alpha value is -2.95. The Labute approximate surface area is 147 Å². The lowest BCUT2D eigenvalue weighted by Crippen LogP contribution is -2.05. The van der Waals surface area contributed by atoms with Gasteiger partial charge >= 0.3 is 5.97 Å². The Kier molecular flexibility index (Phi) is 6.06. The fourth-order valence-electron chi connectivity index (χ4n) is 2.35. The van der Waals surface area contributed by atoms with Gasteiger partial charge in [-0.25, -0.2) is 4.79 Å². The molecule has 0 bridgehead atoms. The summed E-state index contributed by atoms with van der Waals surface area (Å²) >= 11 is 0. The molecule has 1 N–H and O–H groups in total. The maximum absolute atomic E-state index is 11.7. The summed E-state index contributed by atoms with van der Waals surface area (Å²) in [6.07, 6.45) is 1.70. The van der Waals surface area contributed by atoms with E-state index in [4.69, 9.17) is 14.2 Å². The number of ether oxygens (including phenoxy) is 3. The third-order valence-electron chi connectivity index (χ3n) is 3.49. The number of carboxylic acid groups (broad SMARTS) is 1. The summed E-state index contributed by atoms with van der Waals surface area (Å²) in [7, 11) is 3.05. The van der Waals surface area contributed by atoms with Gasteiger partial charge in [0.25, 0.3) is 0 Å². The van der Waals surface area contributed by atoms with Crippen LogP contribution in [0.5, 0.6) is 17.2 Å². The van der Waals surface area contributed by atoms with E-state index >= 15 is 0 Å². The summed E-state index contributed by atoms with van der Waals surface area (Å²) in [5.74, 6) is 0.754. The van der Waals surface area contributed by atoms with Gasteiger partial charge in [0, 0.05) is 0 Å². The monoisotopic (exact) mass is 342 g/mol. The second-order valence-corrected chi connectivity index (χ2v) is 5.67. The quantitative estimate of drug-likeness (QED) is 0.606. The van der Waals surface area contributed by atoms with Crippen LogP contribution < -0.4 is 14.2 Å². The molecule has 0 radical (unpaired) electrons. The number of hydrogen-bond acceptors (Lipinski definition) is 4. The Morgan fingerprint density at radius 1 is 1.00 bits per heavy atom. The number of rotatable bonds is 7. The van der Waals surface area contributed by atoms with Gasteiger partial charge in [0.05, 0.1) is 25.9 Å². The van der Waals surface area contributed by atoms with Crippen LogP contribution in [0.2, 0.25) is 0 Å². The largest absolute Gasteiger partial charge is 0.493 e. The van der Waals surface area contributed by atoms with Gasteiger partial charge in [-0.05, 0) is 55.3 Å². The average molecular weight is 342 g/mol. The maximum atomic E-state index is 11.7. The van der Waals surface area contributed by atoms with Crippen molar-refractivity contribution in [3.63, 3.8) is 0 Å². The van der Waals surface area contributed by atoms with Gasteiger partial charge in [-0.1, -0.05) is 18.2 Å². The molecule has 0 unspecified atom stereocenters. The van der Waals surface area contributed by atoms with Crippen molar-refractivity contribution >= 4 is 17.6 Å². The van der Waals surface area contributed by atoms with E-state index < -0.39 is 5.97 Å². The first-order valence-corrected chi connectivity index (χ1v) is 7.88. The molecule has 0 atom stereocenters. The highest BCUT2D eigenvalue weighted by atomic mass is 16.5. The number of hydrogen-bond donors (Lipinski definition) is 1. The van der Waals surface area contributed by atoms with Crippen molar-refractivity contribution in [3.05, 3.63) is 53.6 Å². The molecule has 0 aromatic heterocycles. The first-order chi connectivity index (χ1) is 11.9. The van der Waals surface area contributed by atoms with E-state index in [0.717, 1.165) is 11.3 Å². The van der Waals surface area contributed by atoms with Crippen molar-refractivity contribution in [2.24, 2.45) is 0 Å². The predicted octanol–water partition coefficient (Wildman–Crippen LogP) is 4.12. The number of methoxy groups -OCH3 is 2. The zero-order chi connectivity index (χ0) is 18.4. The summed E-state index contributed by atoms with van der Waals surface area (Å²) in [5, 5.41) is 9.59. The Bertz CT molecular complexity index is 760. The molecule has 132 valence electrons. The third-order valence-corrected chi connectivity index (χ3v) is 3.49. The highest BCUT2D eigenvalue weighted by molar-refractivity contribution is 6.20. The lowest BCUT2D eigenvalue weighted by Gasteiger charge is -2.11. The van der Waals surface area contributed by atoms with E-state index in [1.165, 1.54) is 14.2 Å². The lowest BCUT2D eigenvalue weighted by molar-refractivity contribution is -0.130. The van der Waals surface area contributed by atoms with Crippen LogP contribution in [0.15, 0.2) is 42.5 Å². The van der Waals surface area contributed by atoms with Crippen LogP contribution in [0.1, 0.15) is 25.0 Å². The molecule has 0 aliphatic rings. The van der Waals surface area contributed by atoms with Crippen LogP contribution in [0.3, 0.4) is 0 Å². The van der Waals surface area contributed by atoms with Crippen molar-refractivity contribution in [3.8, 4) is 17.2 Å². The first kappa shape index (κ1) is 18.4. The Morgan fingerprint density at radius 3 is 2.16 bits per heavy atom. The van der Waals surface area contributed by atoms with Crippen molar-refractivity contribution in [2.45, 2.75) is 20.0 Å². The molecule has 2 aromatic carbocycles. The van der Waals surface area contributed by atoms with Crippen molar-refractivity contribution in [1.82, 2.24) is 0 Å². The first-order valence-electron chi connectivity index (χ1n) is 7.88. The zero-order valence-corrected chi connectivity index (χ0v) is 14.8. The summed E-state index contributed by atoms with van der Waals surface area (Å²) in [6, 6.07) is 12.3. The molecule has 2 rings (SSSR count). The fraction of sp³-hybridized carbons (Fsp3) is 0.250. The molecule has 0 fully saturated rings. The second-order valence-electron chi connectivity index (χ2n) is 5.67.